The summed E-state index contributed by atoms with van der Waals surface area (Å²) in [5.41, 5.74) is 5.84. The summed E-state index contributed by atoms with van der Waals surface area (Å²) >= 11 is 0. The average molecular weight is 439 g/mol. The molecule has 0 radical (unpaired) electrons. The van der Waals surface area contributed by atoms with Crippen molar-refractivity contribution in [1.29, 1.82) is 0 Å². The number of nitrogens with zero attached hydrogens (tertiary/aromatic N) is 2. The van der Waals surface area contributed by atoms with E-state index in [1.165, 1.54) is 0 Å². The van der Waals surface area contributed by atoms with Gasteiger partial charge in [-0.05, 0) is 44.0 Å². The highest BCUT2D eigenvalue weighted by Crippen LogP contribution is 2.31. The summed E-state index contributed by atoms with van der Waals surface area (Å²) in [7, 11) is 0. The minimum Gasteiger partial charge on any atom is -0.453 e. The zero-order valence-corrected chi connectivity index (χ0v) is 18.0. The Morgan fingerprint density at radius 2 is 1.85 bits per heavy atom. The van der Waals surface area contributed by atoms with E-state index < -0.39 is 5.97 Å². The molecule has 7 nitrogen and oxygen atoms in total. The van der Waals surface area contributed by atoms with Gasteiger partial charge in [0.05, 0.1) is 5.71 Å². The summed E-state index contributed by atoms with van der Waals surface area (Å²) < 4.78 is 11.6. The molecular weight excluding hydrogens is 418 g/mol. The Morgan fingerprint density at radius 3 is 2.70 bits per heavy atom. The minimum atomic E-state index is -0.590. The summed E-state index contributed by atoms with van der Waals surface area (Å²) in [5, 5.41) is 5.23. The number of benzene rings is 2. The quantitative estimate of drug-likeness (QED) is 0.279. The van der Waals surface area contributed by atoms with Crippen molar-refractivity contribution in [2.24, 2.45) is 5.10 Å². The highest BCUT2D eigenvalue weighted by atomic mass is 16.5. The van der Waals surface area contributed by atoms with Crippen molar-refractivity contribution in [2.75, 3.05) is 0 Å². The van der Waals surface area contributed by atoms with Gasteiger partial charge in [0.25, 0.3) is 5.91 Å². The summed E-state index contributed by atoms with van der Waals surface area (Å²) in [6, 6.07) is 18.0. The highest BCUT2D eigenvalue weighted by Gasteiger charge is 2.29. The molecule has 7 heteroatoms. The number of amides is 1. The second-order valence-corrected chi connectivity index (χ2v) is 7.79. The number of para-hydroxylation sites is 1. The molecule has 0 atom stereocenters. The number of esters is 1. The molecule has 0 spiro atoms. The first-order valence-corrected chi connectivity index (χ1v) is 10.7. The fourth-order valence-corrected chi connectivity index (χ4v) is 4.05. The van der Waals surface area contributed by atoms with Gasteiger partial charge in [-0.25, -0.2) is 10.2 Å². The molecule has 5 rings (SSSR count). The van der Waals surface area contributed by atoms with E-state index >= 15 is 0 Å². The maximum atomic E-state index is 13.0. The molecule has 0 aliphatic heterocycles. The van der Waals surface area contributed by atoms with Crippen molar-refractivity contribution in [2.45, 2.75) is 26.2 Å². The molecule has 1 aliphatic carbocycles. The first kappa shape index (κ1) is 20.6. The molecule has 0 saturated heterocycles. The average Bonchev–Trinajstić information content (AvgIpc) is 3.20. The lowest BCUT2D eigenvalue weighted by molar-refractivity contribution is 0.0700. The Kier molecular flexibility index (Phi) is 5.44. The number of hydrogen-bond donors (Lipinski definition) is 1. The number of aromatic nitrogens is 1. The van der Waals surface area contributed by atoms with Crippen LogP contribution >= 0.6 is 0 Å². The molecule has 1 N–H and O–H groups in total. The van der Waals surface area contributed by atoms with Crippen molar-refractivity contribution in [1.82, 2.24) is 10.4 Å². The monoisotopic (exact) mass is 439 g/mol. The molecule has 0 saturated carbocycles. The Labute approximate surface area is 190 Å². The molecule has 4 aromatic rings. The fourth-order valence-electron chi connectivity index (χ4n) is 4.05. The van der Waals surface area contributed by atoms with Crippen LogP contribution in [0, 0.1) is 6.92 Å². The number of pyridine rings is 1. The van der Waals surface area contributed by atoms with E-state index in [9.17, 15) is 9.59 Å². The summed E-state index contributed by atoms with van der Waals surface area (Å²) in [5.74, 6) is 0.300. The summed E-state index contributed by atoms with van der Waals surface area (Å²) in [6.07, 6.45) is 3.82. The molecule has 0 bridgehead atoms. The third-order valence-electron chi connectivity index (χ3n) is 5.64. The van der Waals surface area contributed by atoms with Crippen LogP contribution in [0.15, 0.2) is 76.4 Å². The van der Waals surface area contributed by atoms with E-state index in [1.807, 2.05) is 30.3 Å². The van der Waals surface area contributed by atoms with Crippen LogP contribution in [-0.4, -0.2) is 22.6 Å². The number of carbonyl (C=O) groups excluding carboxylic acids is 2. The van der Waals surface area contributed by atoms with Crippen molar-refractivity contribution >= 4 is 28.5 Å². The Hall–Kier alpha value is -4.26. The van der Waals surface area contributed by atoms with Crippen LogP contribution in [0.5, 0.6) is 5.75 Å². The molecule has 0 unspecified atom stereocenters. The number of fused-ring (bicyclic) bond motifs is 2. The second-order valence-electron chi connectivity index (χ2n) is 7.79. The molecule has 2 heterocycles. The number of carbonyl (C=O) groups is 2. The lowest BCUT2D eigenvalue weighted by Crippen LogP contribution is -2.22. The van der Waals surface area contributed by atoms with Crippen LogP contribution in [0.3, 0.4) is 0 Å². The maximum Gasteiger partial charge on any atom is 0.380 e. The van der Waals surface area contributed by atoms with Gasteiger partial charge in [0.1, 0.15) is 11.3 Å². The maximum absolute atomic E-state index is 13.0. The van der Waals surface area contributed by atoms with Crippen LogP contribution in [-0.2, 0) is 6.42 Å². The van der Waals surface area contributed by atoms with Crippen LogP contribution in [0.25, 0.3) is 10.9 Å². The number of rotatable bonds is 4. The fraction of sp³-hybridized carbons (Fsp3) is 0.154. The van der Waals surface area contributed by atoms with Gasteiger partial charge in [0, 0.05) is 34.7 Å². The van der Waals surface area contributed by atoms with Crippen LogP contribution < -0.4 is 10.2 Å². The lowest BCUT2D eigenvalue weighted by Gasteiger charge is -2.13. The minimum absolute atomic E-state index is 0.136. The first-order chi connectivity index (χ1) is 16.1. The topological polar surface area (TPSA) is 93.8 Å². The summed E-state index contributed by atoms with van der Waals surface area (Å²) in [4.78, 5) is 29.7. The number of ether oxygens (including phenoxy) is 1. The number of aryl methyl sites for hydroxylation is 1. The van der Waals surface area contributed by atoms with E-state index in [4.69, 9.17) is 9.15 Å². The Balaban J connectivity index is 1.41. The third kappa shape index (κ3) is 4.01. The summed E-state index contributed by atoms with van der Waals surface area (Å²) in [6.45, 7) is 1.81. The van der Waals surface area contributed by atoms with E-state index in [0.717, 1.165) is 17.4 Å². The van der Waals surface area contributed by atoms with Crippen LogP contribution in [0.4, 0.5) is 0 Å². The van der Waals surface area contributed by atoms with E-state index in [1.54, 1.807) is 43.5 Å². The molecular formula is C26H21N3O4. The van der Waals surface area contributed by atoms with Gasteiger partial charge in [-0.2, -0.15) is 5.10 Å². The van der Waals surface area contributed by atoms with Gasteiger partial charge >= 0.3 is 5.97 Å². The van der Waals surface area contributed by atoms with Crippen molar-refractivity contribution in [3.05, 3.63) is 95.1 Å². The van der Waals surface area contributed by atoms with Gasteiger partial charge in [0.15, 0.2) is 5.75 Å². The Morgan fingerprint density at radius 1 is 1.03 bits per heavy atom. The van der Waals surface area contributed by atoms with E-state index in [-0.39, 0.29) is 11.7 Å². The van der Waals surface area contributed by atoms with Gasteiger partial charge in [-0.3, -0.25) is 9.78 Å². The van der Waals surface area contributed by atoms with Crippen molar-refractivity contribution in [3.8, 4) is 5.75 Å². The van der Waals surface area contributed by atoms with Crippen molar-refractivity contribution in [3.63, 3.8) is 0 Å². The molecule has 33 heavy (non-hydrogen) atoms. The second kappa shape index (κ2) is 8.70. The number of furan rings is 1. The van der Waals surface area contributed by atoms with Gasteiger partial charge in [0.2, 0.25) is 5.76 Å². The normalized spacial score (nSPS) is 14.2. The van der Waals surface area contributed by atoms with E-state index in [2.05, 4.69) is 15.5 Å². The predicted octanol–water partition coefficient (Wildman–Crippen LogP) is 4.83. The molecule has 164 valence electrons. The van der Waals surface area contributed by atoms with Crippen molar-refractivity contribution < 1.29 is 18.7 Å². The molecule has 1 aliphatic rings. The lowest BCUT2D eigenvalue weighted by atomic mass is 9.93. The number of hydrogen-bond acceptors (Lipinski definition) is 6. The van der Waals surface area contributed by atoms with Gasteiger partial charge in [-0.15, -0.1) is 0 Å². The van der Waals surface area contributed by atoms with Crippen LogP contribution in [0.1, 0.15) is 50.6 Å². The SMILES string of the molecule is Cc1c(C(=O)Oc2cccc3cccnc23)oc2c1/C(=N/NC(=O)c1ccccc1)CCC2. The molecule has 1 amide bonds. The zero-order valence-electron chi connectivity index (χ0n) is 18.0. The number of hydrazone groups is 1. The zero-order chi connectivity index (χ0) is 22.8. The first-order valence-electron chi connectivity index (χ1n) is 10.7. The molecule has 2 aromatic carbocycles. The van der Waals surface area contributed by atoms with Gasteiger partial charge in [-0.1, -0.05) is 36.4 Å². The predicted molar refractivity (Wildman–Crippen MR) is 124 cm³/mol. The van der Waals surface area contributed by atoms with Gasteiger partial charge < -0.3 is 9.15 Å². The van der Waals surface area contributed by atoms with Crippen LogP contribution in [0.2, 0.25) is 0 Å². The largest absolute Gasteiger partial charge is 0.453 e. The third-order valence-corrected chi connectivity index (χ3v) is 5.64. The number of nitrogens with one attached hydrogen (secondary N) is 1. The Bertz CT molecular complexity index is 1380. The smallest absolute Gasteiger partial charge is 0.380 e. The molecule has 2 aromatic heterocycles. The highest BCUT2D eigenvalue weighted by molar-refractivity contribution is 6.07. The standard InChI is InChI=1S/C26H21N3O4/c1-16-22-19(28-29-25(30)18-8-3-2-4-9-18)12-6-13-20(22)32-24(16)26(31)33-21-14-5-10-17-11-7-15-27-23(17)21/h2-5,7-11,14-15H,6,12-13H2,1H3,(H,29,30)/b28-19+. The van der Waals surface area contributed by atoms with E-state index in [0.29, 0.717) is 46.7 Å². The molecule has 0 fully saturated rings.